The molecule has 2 aliphatic rings. The van der Waals surface area contributed by atoms with Crippen LogP contribution in [0.3, 0.4) is 0 Å². The third-order valence-electron chi connectivity index (χ3n) is 9.75. The molecule has 0 fully saturated rings. The molecule has 32 heteroatoms. The first-order chi connectivity index (χ1) is 35.9. The van der Waals surface area contributed by atoms with E-state index in [9.17, 15) is 54.9 Å². The Balaban J connectivity index is 0.000000292. The van der Waals surface area contributed by atoms with Crippen molar-refractivity contribution in [3.63, 3.8) is 0 Å². The Morgan fingerprint density at radius 1 is 0.883 bits per heavy atom. The lowest BCUT2D eigenvalue weighted by molar-refractivity contribution is -0.138. The van der Waals surface area contributed by atoms with Gasteiger partial charge in [-0.3, -0.25) is 29.6 Å². The normalized spacial score (nSPS) is 13.4. The molecule has 0 atom stereocenters. The number of sulfonamides is 1. The number of aliphatic carboxylic acids is 1. The van der Waals surface area contributed by atoms with Gasteiger partial charge in [0.15, 0.2) is 5.75 Å². The molecule has 2 heterocycles. The van der Waals surface area contributed by atoms with Crippen LogP contribution < -0.4 is 29.7 Å². The molecule has 0 saturated carbocycles. The van der Waals surface area contributed by atoms with Crippen LogP contribution in [0.2, 0.25) is 15.1 Å². The minimum atomic E-state index is -4.45. The number of carboxylic acids is 2. The van der Waals surface area contributed by atoms with E-state index in [2.05, 4.69) is 25.6 Å². The number of carbonyl (C=O) groups excluding carboxylic acids is 4. The first kappa shape index (κ1) is 64.9. The van der Waals surface area contributed by atoms with Crippen molar-refractivity contribution in [3.05, 3.63) is 108 Å². The molecule has 418 valence electrons. The number of imide groups is 1. The van der Waals surface area contributed by atoms with Gasteiger partial charge in [0.25, 0.3) is 21.8 Å². The van der Waals surface area contributed by atoms with Crippen LogP contribution in [0.5, 0.6) is 11.8 Å². The molecule has 23 nitrogen and oxygen atoms in total. The fourth-order valence-electron chi connectivity index (χ4n) is 6.55. The molecule has 1 aliphatic heterocycles. The molecular formula is C45H47Cl4F3N7O16PS. The van der Waals surface area contributed by atoms with Crippen LogP contribution >= 0.6 is 54.0 Å². The first-order valence-corrected chi connectivity index (χ1v) is 26.6. The van der Waals surface area contributed by atoms with E-state index in [-0.39, 0.29) is 68.2 Å². The van der Waals surface area contributed by atoms with Gasteiger partial charge < -0.3 is 34.2 Å². The van der Waals surface area contributed by atoms with Gasteiger partial charge in [-0.2, -0.15) is 28.1 Å². The van der Waals surface area contributed by atoms with E-state index in [1.807, 2.05) is 0 Å². The van der Waals surface area contributed by atoms with Gasteiger partial charge in [0.1, 0.15) is 16.4 Å². The quantitative estimate of drug-likeness (QED) is 0.0242. The van der Waals surface area contributed by atoms with Crippen molar-refractivity contribution in [1.29, 1.82) is 0 Å². The summed E-state index contributed by atoms with van der Waals surface area (Å²) in [6.45, 7) is 2.94. The molecule has 0 unspecified atom stereocenters. The lowest BCUT2D eigenvalue weighted by Crippen LogP contribution is -2.35. The number of urea groups is 1. The minimum Gasteiger partial charge on any atom is -0.494 e. The molecular weight excluding hydrogens is 1160 g/mol. The van der Waals surface area contributed by atoms with Crippen molar-refractivity contribution in [2.24, 2.45) is 0 Å². The number of aryl methyl sites for hydroxylation is 2. The Morgan fingerprint density at radius 3 is 2.01 bits per heavy atom. The van der Waals surface area contributed by atoms with Crippen LogP contribution in [-0.2, 0) is 44.9 Å². The number of nitrogens with zero attached hydrogens (tertiary/aromatic N) is 4. The van der Waals surface area contributed by atoms with Crippen LogP contribution in [0, 0.1) is 6.92 Å². The summed E-state index contributed by atoms with van der Waals surface area (Å²) in [4.78, 5) is 98.0. The molecule has 0 bridgehead atoms. The Labute approximate surface area is 456 Å². The Hall–Kier alpha value is -6.42. The van der Waals surface area contributed by atoms with Crippen molar-refractivity contribution in [1.82, 2.24) is 25.0 Å². The number of halogens is 7. The Morgan fingerprint density at radius 2 is 1.48 bits per heavy atom. The van der Waals surface area contributed by atoms with Gasteiger partial charge in [-0.1, -0.05) is 64.6 Å². The largest absolute Gasteiger partial charge is 0.494 e. The number of ether oxygens (including phenoxy) is 3. The third-order valence-corrected chi connectivity index (χ3v) is 13.0. The first-order valence-electron chi connectivity index (χ1n) is 21.9. The highest BCUT2D eigenvalue weighted by atomic mass is 35.5. The number of aromatic carboxylic acids is 1. The van der Waals surface area contributed by atoms with Gasteiger partial charge in [0.05, 0.1) is 54.3 Å². The van der Waals surface area contributed by atoms with E-state index < -0.39 is 78.3 Å². The number of carboxylic acid groups (broad SMARTS) is 2. The van der Waals surface area contributed by atoms with Gasteiger partial charge >= 0.3 is 43.7 Å². The number of hydrogen-bond donors (Lipinski definition) is 7. The zero-order valence-electron chi connectivity index (χ0n) is 40.6. The lowest BCUT2D eigenvalue weighted by atomic mass is 9.93. The van der Waals surface area contributed by atoms with Crippen molar-refractivity contribution < 1.29 is 89.1 Å². The second-order valence-electron chi connectivity index (χ2n) is 15.4. The van der Waals surface area contributed by atoms with Crippen molar-refractivity contribution in [2.75, 3.05) is 43.9 Å². The summed E-state index contributed by atoms with van der Waals surface area (Å²) < 4.78 is 88.5. The summed E-state index contributed by atoms with van der Waals surface area (Å²) in [6.07, 6.45) is -2.34. The number of hydrogen-bond acceptors (Lipinski definition) is 16. The van der Waals surface area contributed by atoms with E-state index in [4.69, 9.17) is 80.6 Å². The highest BCUT2D eigenvalue weighted by Gasteiger charge is 2.40. The smallest absolute Gasteiger partial charge is 0.389 e. The number of amides is 4. The molecule has 0 radical (unpaired) electrons. The van der Waals surface area contributed by atoms with Crippen LogP contribution in [0.4, 0.5) is 29.6 Å². The van der Waals surface area contributed by atoms with Crippen molar-refractivity contribution in [2.45, 2.75) is 63.4 Å². The summed E-state index contributed by atoms with van der Waals surface area (Å²) in [6, 6.07) is 11.4. The Bertz CT molecular complexity index is 3070. The number of esters is 1. The average Bonchev–Trinajstić information content (AvgIpc) is 3.59. The molecule has 0 spiro atoms. The zero-order valence-corrected chi connectivity index (χ0v) is 45.4. The number of rotatable bonds is 16. The monoisotopic (exact) mass is 1200 g/mol. The predicted molar refractivity (Wildman–Crippen MR) is 274 cm³/mol. The molecule has 4 aromatic rings. The summed E-state index contributed by atoms with van der Waals surface area (Å²) in [5, 5.41) is 21.5. The maximum atomic E-state index is 12.7. The topological polar surface area (TPSA) is 340 Å². The van der Waals surface area contributed by atoms with E-state index >= 15 is 0 Å². The number of benzene rings is 3. The number of aromatic nitrogens is 3. The molecule has 0 saturated heterocycles. The third kappa shape index (κ3) is 20.5. The van der Waals surface area contributed by atoms with E-state index in [0.29, 0.717) is 40.3 Å². The van der Waals surface area contributed by atoms with E-state index in [0.717, 1.165) is 18.9 Å². The summed E-state index contributed by atoms with van der Waals surface area (Å²) in [5.74, 6) is -3.50. The summed E-state index contributed by atoms with van der Waals surface area (Å²) >= 11 is 23.5. The summed E-state index contributed by atoms with van der Waals surface area (Å²) in [5.41, 5.74) is 1.86. The highest BCUT2D eigenvalue weighted by Crippen LogP contribution is 2.38. The fraction of sp³-hybridized carbons (Fsp3) is 0.311. The number of methoxy groups -OCH3 is 2. The van der Waals surface area contributed by atoms with Gasteiger partial charge in [-0.05, 0) is 99.6 Å². The second-order valence-corrected chi connectivity index (χ2v) is 20.3. The number of alkyl halides is 3. The number of nitrogens with one attached hydrogen (secondary N) is 3. The van der Waals surface area contributed by atoms with Crippen LogP contribution in [-0.4, -0.2) is 119 Å². The van der Waals surface area contributed by atoms with Crippen LogP contribution in [0.25, 0.3) is 6.08 Å². The van der Waals surface area contributed by atoms with Gasteiger partial charge in [0, 0.05) is 22.6 Å². The minimum absolute atomic E-state index is 0.0715. The standard InChI is InChI=1S/C19H17Cl2NO4.C15H16F3N5O4S.C8H6Cl2O3.C3H8NO5P/c1-2-26-19(25)16(21)10-11-9-12(7-8-15(11)20)22-17(23)13-5-3-4-6-14(13)18(22)24;1-9-19-12(22-14(20-9)27-2)21-13(24)23-28(25,26)11-6-4-3-5-10(11)7-8-15(16,17)18;1-13-7-5(10)3-2-4(9)6(7)8(11)12;5-3(6)1-4-2-10(7,8)9/h7-10H,2-6H2,1H3;3-6H,7-8H2,1-2H3,(H2,19,20,21,22,23,24);2-3H,1H3,(H,11,12);4H,1-2H2,(H,5,6)(H2,7,8,9)/b16-10-;;;. The van der Waals surface area contributed by atoms with Gasteiger partial charge in [-0.15, -0.1) is 0 Å². The predicted octanol–water partition coefficient (Wildman–Crippen LogP) is 7.92. The number of anilines is 2. The molecule has 77 heavy (non-hydrogen) atoms. The molecule has 7 N–H and O–H groups in total. The van der Waals surface area contributed by atoms with Crippen molar-refractivity contribution in [3.8, 4) is 11.8 Å². The van der Waals surface area contributed by atoms with Crippen molar-refractivity contribution >= 4 is 117 Å². The molecule has 1 aliphatic carbocycles. The molecule has 3 aromatic carbocycles. The van der Waals surface area contributed by atoms with E-state index in [1.54, 1.807) is 29.8 Å². The fourth-order valence-corrected chi connectivity index (χ4v) is 8.94. The maximum absolute atomic E-state index is 12.7. The second kappa shape index (κ2) is 29.4. The molecule has 4 amide bonds. The number of carbonyl (C=O) groups is 6. The summed E-state index contributed by atoms with van der Waals surface area (Å²) in [7, 11) is -5.90. The lowest BCUT2D eigenvalue weighted by Gasteiger charge is -2.16. The van der Waals surface area contributed by atoms with Crippen LogP contribution in [0.15, 0.2) is 75.7 Å². The van der Waals surface area contributed by atoms with Gasteiger partial charge in [-0.25, -0.2) is 32.4 Å². The molecule has 1 aromatic heterocycles. The average molecular weight is 1200 g/mol. The molecule has 6 rings (SSSR count). The highest BCUT2D eigenvalue weighted by molar-refractivity contribution is 7.90. The van der Waals surface area contributed by atoms with Gasteiger partial charge in [0.2, 0.25) is 5.95 Å². The maximum Gasteiger partial charge on any atom is 0.389 e. The Kier molecular flexibility index (Phi) is 24.7. The van der Waals surface area contributed by atoms with Crippen LogP contribution in [0.1, 0.15) is 66.3 Å². The SMILES string of the molecule is CCOC(=O)/C(Cl)=C/c1cc(N2C(=O)C3=C(CCCC3)C2=O)ccc1Cl.COc1c(Cl)ccc(Cl)c1C(=O)O.COc1nc(C)nc(NC(=O)NS(=O)(=O)c2ccccc2CCC(F)(F)F)n1.O=C(O)CNCP(=O)(O)O. The zero-order chi connectivity index (χ0) is 58.0. The van der Waals surface area contributed by atoms with E-state index in [1.165, 1.54) is 62.5 Å².